The lowest BCUT2D eigenvalue weighted by Crippen LogP contribution is -2.12. The van der Waals surface area contributed by atoms with Gasteiger partial charge >= 0.3 is 0 Å². The molecule has 0 atom stereocenters. The SMILES string of the molecule is Cc1cccc(CS(=O)(=O)c2nccn2-c2cc(C)ccc2C)c1. The number of aryl methyl sites for hydroxylation is 3. The highest BCUT2D eigenvalue weighted by Gasteiger charge is 2.22. The Kier molecular flexibility index (Phi) is 4.28. The molecule has 0 N–H and O–H groups in total. The fourth-order valence-corrected chi connectivity index (χ4v) is 4.20. The van der Waals surface area contributed by atoms with Crippen molar-refractivity contribution in [1.29, 1.82) is 0 Å². The first kappa shape index (κ1) is 16.5. The molecule has 0 amide bonds. The maximum atomic E-state index is 12.9. The van der Waals surface area contributed by atoms with Gasteiger partial charge in [-0.25, -0.2) is 13.4 Å². The summed E-state index contributed by atoms with van der Waals surface area (Å²) in [6.07, 6.45) is 3.23. The Labute approximate surface area is 142 Å². The minimum Gasteiger partial charge on any atom is -0.290 e. The lowest BCUT2D eigenvalue weighted by molar-refractivity contribution is 0.583. The molecule has 24 heavy (non-hydrogen) atoms. The zero-order valence-electron chi connectivity index (χ0n) is 14.0. The summed E-state index contributed by atoms with van der Waals surface area (Å²) in [6, 6.07) is 13.5. The molecule has 2 aromatic carbocycles. The summed E-state index contributed by atoms with van der Waals surface area (Å²) in [7, 11) is -3.54. The first-order valence-corrected chi connectivity index (χ1v) is 9.41. The smallest absolute Gasteiger partial charge is 0.232 e. The second-order valence-corrected chi connectivity index (χ2v) is 8.00. The molecule has 0 aliphatic heterocycles. The van der Waals surface area contributed by atoms with Gasteiger partial charge in [-0.2, -0.15) is 0 Å². The average Bonchev–Trinajstić information content (AvgIpc) is 2.99. The molecule has 0 saturated heterocycles. The molecule has 0 bridgehead atoms. The normalized spacial score (nSPS) is 11.6. The third-order valence-corrected chi connectivity index (χ3v) is 5.52. The Morgan fingerprint density at radius 1 is 1.00 bits per heavy atom. The molecule has 0 aliphatic rings. The molecular formula is C19H20N2O2S. The van der Waals surface area contributed by atoms with Crippen molar-refractivity contribution in [3.8, 4) is 5.69 Å². The molecule has 0 saturated carbocycles. The van der Waals surface area contributed by atoms with Crippen LogP contribution in [-0.4, -0.2) is 18.0 Å². The van der Waals surface area contributed by atoms with Crippen molar-refractivity contribution in [2.45, 2.75) is 31.7 Å². The molecule has 5 heteroatoms. The zero-order valence-corrected chi connectivity index (χ0v) is 14.8. The molecule has 0 unspecified atom stereocenters. The quantitative estimate of drug-likeness (QED) is 0.726. The van der Waals surface area contributed by atoms with Crippen LogP contribution in [-0.2, 0) is 15.6 Å². The van der Waals surface area contributed by atoms with E-state index in [0.29, 0.717) is 0 Å². The van der Waals surface area contributed by atoms with Gasteiger partial charge in [0, 0.05) is 12.4 Å². The maximum absolute atomic E-state index is 12.9. The van der Waals surface area contributed by atoms with Crippen LogP contribution in [0.5, 0.6) is 0 Å². The van der Waals surface area contributed by atoms with Crippen molar-refractivity contribution in [3.63, 3.8) is 0 Å². The van der Waals surface area contributed by atoms with E-state index in [2.05, 4.69) is 4.98 Å². The van der Waals surface area contributed by atoms with Crippen LogP contribution < -0.4 is 0 Å². The summed E-state index contributed by atoms with van der Waals surface area (Å²) in [5, 5.41) is 0.0812. The highest BCUT2D eigenvalue weighted by molar-refractivity contribution is 7.90. The number of hydrogen-bond donors (Lipinski definition) is 0. The predicted octanol–water partition coefficient (Wildman–Crippen LogP) is 3.77. The Balaban J connectivity index is 2.04. The van der Waals surface area contributed by atoms with Gasteiger partial charge in [0.25, 0.3) is 0 Å². The van der Waals surface area contributed by atoms with E-state index >= 15 is 0 Å². The third-order valence-electron chi connectivity index (χ3n) is 3.95. The van der Waals surface area contributed by atoms with Gasteiger partial charge in [-0.3, -0.25) is 4.57 Å². The molecule has 0 fully saturated rings. The molecule has 3 aromatic rings. The van der Waals surface area contributed by atoms with Gasteiger partial charge in [-0.15, -0.1) is 0 Å². The van der Waals surface area contributed by atoms with Crippen LogP contribution in [0, 0.1) is 20.8 Å². The summed E-state index contributed by atoms with van der Waals surface area (Å²) in [5.74, 6) is -0.0590. The lowest BCUT2D eigenvalue weighted by atomic mass is 10.1. The Morgan fingerprint density at radius 2 is 1.75 bits per heavy atom. The average molecular weight is 340 g/mol. The highest BCUT2D eigenvalue weighted by atomic mass is 32.2. The fourth-order valence-electron chi connectivity index (χ4n) is 2.77. The second kappa shape index (κ2) is 6.24. The minimum atomic E-state index is -3.54. The van der Waals surface area contributed by atoms with E-state index in [4.69, 9.17) is 0 Å². The van der Waals surface area contributed by atoms with E-state index in [9.17, 15) is 8.42 Å². The van der Waals surface area contributed by atoms with Crippen molar-refractivity contribution in [2.24, 2.45) is 0 Å². The van der Waals surface area contributed by atoms with Gasteiger partial charge in [0.05, 0.1) is 11.4 Å². The number of benzene rings is 2. The van der Waals surface area contributed by atoms with Crippen molar-refractivity contribution in [1.82, 2.24) is 9.55 Å². The predicted molar refractivity (Wildman–Crippen MR) is 95.1 cm³/mol. The number of rotatable bonds is 4. The first-order valence-electron chi connectivity index (χ1n) is 7.76. The number of aromatic nitrogens is 2. The van der Waals surface area contributed by atoms with Crippen molar-refractivity contribution >= 4 is 9.84 Å². The van der Waals surface area contributed by atoms with Crippen LogP contribution in [0.4, 0.5) is 0 Å². The van der Waals surface area contributed by atoms with E-state index in [-0.39, 0.29) is 10.9 Å². The van der Waals surface area contributed by atoms with Crippen LogP contribution in [0.1, 0.15) is 22.3 Å². The van der Waals surface area contributed by atoms with Gasteiger partial charge in [0.15, 0.2) is 0 Å². The third kappa shape index (κ3) is 3.26. The van der Waals surface area contributed by atoms with Gasteiger partial charge < -0.3 is 0 Å². The van der Waals surface area contributed by atoms with Gasteiger partial charge in [-0.1, -0.05) is 42.0 Å². The Hall–Kier alpha value is -2.40. The van der Waals surface area contributed by atoms with Gasteiger partial charge in [-0.05, 0) is 43.5 Å². The van der Waals surface area contributed by atoms with Crippen molar-refractivity contribution in [3.05, 3.63) is 77.1 Å². The number of hydrogen-bond acceptors (Lipinski definition) is 3. The topological polar surface area (TPSA) is 52.0 Å². The van der Waals surface area contributed by atoms with E-state index in [1.54, 1.807) is 10.8 Å². The number of sulfone groups is 1. The molecule has 0 spiro atoms. The van der Waals surface area contributed by atoms with E-state index in [0.717, 1.165) is 27.9 Å². The first-order chi connectivity index (χ1) is 11.4. The van der Waals surface area contributed by atoms with Crippen LogP contribution >= 0.6 is 0 Å². The minimum absolute atomic E-state index is 0.0590. The number of nitrogens with zero attached hydrogens (tertiary/aromatic N) is 2. The van der Waals surface area contributed by atoms with Gasteiger partial charge in [0.2, 0.25) is 15.0 Å². The maximum Gasteiger partial charge on any atom is 0.232 e. The van der Waals surface area contributed by atoms with E-state index in [1.807, 2.05) is 63.2 Å². The summed E-state index contributed by atoms with van der Waals surface area (Å²) < 4.78 is 27.4. The summed E-state index contributed by atoms with van der Waals surface area (Å²) in [6.45, 7) is 5.90. The number of imidazole rings is 1. The Bertz CT molecular complexity index is 988. The van der Waals surface area contributed by atoms with Crippen LogP contribution in [0.15, 0.2) is 60.0 Å². The monoisotopic (exact) mass is 340 g/mol. The summed E-state index contributed by atoms with van der Waals surface area (Å²) in [4.78, 5) is 4.13. The summed E-state index contributed by atoms with van der Waals surface area (Å²) >= 11 is 0. The molecule has 124 valence electrons. The summed E-state index contributed by atoms with van der Waals surface area (Å²) in [5.41, 5.74) is 4.73. The largest absolute Gasteiger partial charge is 0.290 e. The molecule has 3 rings (SSSR count). The van der Waals surface area contributed by atoms with E-state index < -0.39 is 9.84 Å². The van der Waals surface area contributed by atoms with Gasteiger partial charge in [0.1, 0.15) is 0 Å². The lowest BCUT2D eigenvalue weighted by Gasteiger charge is -2.12. The molecule has 0 radical (unpaired) electrons. The van der Waals surface area contributed by atoms with Crippen LogP contribution in [0.3, 0.4) is 0 Å². The fraction of sp³-hybridized carbons (Fsp3) is 0.211. The molecular weight excluding hydrogens is 320 g/mol. The van der Waals surface area contributed by atoms with Crippen LogP contribution in [0.25, 0.3) is 5.69 Å². The highest BCUT2D eigenvalue weighted by Crippen LogP contribution is 2.22. The van der Waals surface area contributed by atoms with E-state index in [1.165, 1.54) is 6.20 Å². The molecule has 4 nitrogen and oxygen atoms in total. The van der Waals surface area contributed by atoms with Crippen molar-refractivity contribution < 1.29 is 8.42 Å². The Morgan fingerprint density at radius 3 is 2.50 bits per heavy atom. The molecule has 1 aromatic heterocycles. The van der Waals surface area contributed by atoms with Crippen molar-refractivity contribution in [2.75, 3.05) is 0 Å². The second-order valence-electron chi connectivity index (χ2n) is 6.12. The standard InChI is InChI=1S/C19H20N2O2S/c1-14-5-4-6-17(11-14)13-24(22,23)19-20-9-10-21(19)18-12-15(2)7-8-16(18)3/h4-12H,13H2,1-3H3. The molecule has 0 aliphatic carbocycles. The molecule has 1 heterocycles. The zero-order chi connectivity index (χ0) is 17.3. The van der Waals surface area contributed by atoms with Crippen LogP contribution in [0.2, 0.25) is 0 Å².